The lowest BCUT2D eigenvalue weighted by Gasteiger charge is -2.12. The van der Waals surface area contributed by atoms with Crippen molar-refractivity contribution in [2.24, 2.45) is 0 Å². The van der Waals surface area contributed by atoms with Crippen molar-refractivity contribution in [1.29, 1.82) is 0 Å². The number of likely N-dealkylation sites (N-methyl/N-ethyl adjacent to an activating group) is 2. The van der Waals surface area contributed by atoms with Crippen molar-refractivity contribution < 1.29 is 0 Å². The third-order valence-corrected chi connectivity index (χ3v) is 3.18. The molecule has 1 heterocycles. The van der Waals surface area contributed by atoms with E-state index in [-0.39, 0.29) is 0 Å². The van der Waals surface area contributed by atoms with Gasteiger partial charge in [0.2, 0.25) is 0 Å². The molecule has 1 unspecified atom stereocenters. The first-order chi connectivity index (χ1) is 6.72. The molecule has 3 heteroatoms. The van der Waals surface area contributed by atoms with E-state index in [2.05, 4.69) is 58.3 Å². The average Bonchev–Trinajstić information content (AvgIpc) is 2.44. The van der Waals surface area contributed by atoms with Crippen molar-refractivity contribution in [2.75, 3.05) is 25.0 Å². The number of anilines is 1. The fourth-order valence-electron chi connectivity index (χ4n) is 2.04. The van der Waals surface area contributed by atoms with E-state index in [0.717, 1.165) is 17.6 Å². The number of fused-ring (bicyclic) bond motifs is 1. The Labute approximate surface area is 93.4 Å². The lowest BCUT2D eigenvalue weighted by Crippen LogP contribution is -2.25. The Kier molecular flexibility index (Phi) is 2.79. The van der Waals surface area contributed by atoms with Crippen LogP contribution < -0.4 is 10.2 Å². The van der Waals surface area contributed by atoms with E-state index in [1.165, 1.54) is 11.3 Å². The van der Waals surface area contributed by atoms with Crippen LogP contribution in [-0.2, 0) is 0 Å². The molecule has 0 saturated heterocycles. The van der Waals surface area contributed by atoms with Crippen molar-refractivity contribution in [3.8, 4) is 0 Å². The van der Waals surface area contributed by atoms with Crippen molar-refractivity contribution in [2.45, 2.75) is 13.0 Å². The number of nitrogens with one attached hydrogen (secondary N) is 1. The molecule has 0 aromatic heterocycles. The molecule has 76 valence electrons. The second kappa shape index (κ2) is 3.91. The van der Waals surface area contributed by atoms with Crippen LogP contribution in [0.1, 0.15) is 18.5 Å². The molecule has 0 fully saturated rings. The maximum atomic E-state index is 3.52. The summed E-state index contributed by atoms with van der Waals surface area (Å²) in [5, 5.41) is 3.50. The van der Waals surface area contributed by atoms with Gasteiger partial charge < -0.3 is 10.2 Å². The molecule has 1 aliphatic heterocycles. The predicted octanol–water partition coefficient (Wildman–Crippen LogP) is 2.55. The van der Waals surface area contributed by atoms with Crippen molar-refractivity contribution in [1.82, 2.24) is 5.32 Å². The molecule has 0 spiro atoms. The Morgan fingerprint density at radius 1 is 1.57 bits per heavy atom. The summed E-state index contributed by atoms with van der Waals surface area (Å²) in [5.41, 5.74) is 2.75. The second-order valence-corrected chi connectivity index (χ2v) is 4.61. The molecule has 14 heavy (non-hydrogen) atoms. The van der Waals surface area contributed by atoms with Gasteiger partial charge in [0.1, 0.15) is 0 Å². The zero-order chi connectivity index (χ0) is 10.1. The fraction of sp³-hybridized carbons (Fsp3) is 0.455. The molecule has 0 saturated carbocycles. The Balaban J connectivity index is 2.35. The van der Waals surface area contributed by atoms with Crippen molar-refractivity contribution in [3.05, 3.63) is 28.2 Å². The monoisotopic (exact) mass is 254 g/mol. The van der Waals surface area contributed by atoms with Gasteiger partial charge >= 0.3 is 0 Å². The molecule has 1 aromatic rings. The second-order valence-electron chi connectivity index (χ2n) is 3.69. The molecule has 1 aliphatic rings. The Bertz CT molecular complexity index is 338. The minimum atomic E-state index is 0.484. The van der Waals surface area contributed by atoms with Gasteiger partial charge in [0.15, 0.2) is 0 Å². The minimum Gasteiger partial charge on any atom is -0.372 e. The lowest BCUT2D eigenvalue weighted by molar-refractivity contribution is 0.579. The zero-order valence-corrected chi connectivity index (χ0v) is 10.1. The Morgan fingerprint density at radius 2 is 2.36 bits per heavy atom. The van der Waals surface area contributed by atoms with Gasteiger partial charge in [-0.25, -0.2) is 0 Å². The van der Waals surface area contributed by atoms with E-state index in [9.17, 15) is 0 Å². The highest BCUT2D eigenvalue weighted by Crippen LogP contribution is 2.35. The molecule has 2 rings (SSSR count). The smallest absolute Gasteiger partial charge is 0.0519 e. The summed E-state index contributed by atoms with van der Waals surface area (Å²) in [6.07, 6.45) is 0. The number of hydrogen-bond donors (Lipinski definition) is 1. The van der Waals surface area contributed by atoms with Gasteiger partial charge in [-0.3, -0.25) is 0 Å². The molecular weight excluding hydrogens is 240 g/mol. The molecular formula is C11H15BrN2. The van der Waals surface area contributed by atoms with E-state index < -0.39 is 0 Å². The molecule has 1 atom stereocenters. The van der Waals surface area contributed by atoms with Gasteiger partial charge in [-0.05, 0) is 30.3 Å². The molecule has 0 aliphatic carbocycles. The molecule has 0 radical (unpaired) electrons. The third-order valence-electron chi connectivity index (χ3n) is 2.68. The summed E-state index contributed by atoms with van der Waals surface area (Å²) in [5.74, 6) is 0. The molecule has 0 bridgehead atoms. The SMILES string of the molecule is CCNC1CN(C)c2ccc(Br)cc21. The lowest BCUT2D eigenvalue weighted by atomic mass is 10.1. The van der Waals surface area contributed by atoms with E-state index in [1.807, 2.05) is 0 Å². The van der Waals surface area contributed by atoms with Gasteiger partial charge in [0.05, 0.1) is 6.04 Å². The summed E-state index contributed by atoms with van der Waals surface area (Å²) >= 11 is 3.52. The first kappa shape index (κ1) is 9.99. The maximum absolute atomic E-state index is 3.52. The maximum Gasteiger partial charge on any atom is 0.0519 e. The quantitative estimate of drug-likeness (QED) is 0.873. The molecule has 1 N–H and O–H groups in total. The standard InChI is InChI=1S/C11H15BrN2/c1-3-13-10-7-14(2)11-5-4-8(12)6-9(10)11/h4-6,10,13H,3,7H2,1-2H3. The number of halogens is 1. The number of hydrogen-bond acceptors (Lipinski definition) is 2. The van der Waals surface area contributed by atoms with Crippen molar-refractivity contribution in [3.63, 3.8) is 0 Å². The highest BCUT2D eigenvalue weighted by Gasteiger charge is 2.25. The summed E-state index contributed by atoms with van der Waals surface area (Å²) in [7, 11) is 2.14. The normalized spacial score (nSPS) is 19.9. The first-order valence-electron chi connectivity index (χ1n) is 4.96. The van der Waals surface area contributed by atoms with Crippen LogP contribution in [0.15, 0.2) is 22.7 Å². The van der Waals surface area contributed by atoms with E-state index in [1.54, 1.807) is 0 Å². The van der Waals surface area contributed by atoms with E-state index in [4.69, 9.17) is 0 Å². The highest BCUT2D eigenvalue weighted by molar-refractivity contribution is 9.10. The van der Waals surface area contributed by atoms with Crippen LogP contribution in [0.25, 0.3) is 0 Å². The summed E-state index contributed by atoms with van der Waals surface area (Å²) in [6.45, 7) is 4.24. The topological polar surface area (TPSA) is 15.3 Å². The first-order valence-corrected chi connectivity index (χ1v) is 5.75. The van der Waals surface area contributed by atoms with Crippen LogP contribution in [0.2, 0.25) is 0 Å². The molecule has 0 amide bonds. The van der Waals surface area contributed by atoms with Crippen LogP contribution in [0.4, 0.5) is 5.69 Å². The summed E-state index contributed by atoms with van der Waals surface area (Å²) < 4.78 is 1.16. The van der Waals surface area contributed by atoms with Gasteiger partial charge in [0.25, 0.3) is 0 Å². The number of nitrogens with zero attached hydrogens (tertiary/aromatic N) is 1. The zero-order valence-electron chi connectivity index (χ0n) is 8.55. The Morgan fingerprint density at radius 3 is 3.07 bits per heavy atom. The van der Waals surface area contributed by atoms with Crippen LogP contribution in [0, 0.1) is 0 Å². The fourth-order valence-corrected chi connectivity index (χ4v) is 2.42. The van der Waals surface area contributed by atoms with Gasteiger partial charge in [-0.15, -0.1) is 0 Å². The number of benzene rings is 1. The third kappa shape index (κ3) is 1.66. The van der Waals surface area contributed by atoms with Gasteiger partial charge in [0, 0.05) is 23.8 Å². The van der Waals surface area contributed by atoms with Crippen LogP contribution in [0.3, 0.4) is 0 Å². The van der Waals surface area contributed by atoms with Crippen LogP contribution >= 0.6 is 15.9 Å². The van der Waals surface area contributed by atoms with Gasteiger partial charge in [-0.2, -0.15) is 0 Å². The summed E-state index contributed by atoms with van der Waals surface area (Å²) in [4.78, 5) is 2.30. The van der Waals surface area contributed by atoms with E-state index in [0.29, 0.717) is 6.04 Å². The van der Waals surface area contributed by atoms with Crippen molar-refractivity contribution >= 4 is 21.6 Å². The molecule has 2 nitrogen and oxygen atoms in total. The van der Waals surface area contributed by atoms with E-state index >= 15 is 0 Å². The Hall–Kier alpha value is -0.540. The predicted molar refractivity (Wildman–Crippen MR) is 63.8 cm³/mol. The highest BCUT2D eigenvalue weighted by atomic mass is 79.9. The summed E-state index contributed by atoms with van der Waals surface area (Å²) in [6, 6.07) is 6.98. The van der Waals surface area contributed by atoms with Crippen LogP contribution in [-0.4, -0.2) is 20.1 Å². The minimum absolute atomic E-state index is 0.484. The van der Waals surface area contributed by atoms with Crippen LogP contribution in [0.5, 0.6) is 0 Å². The molecule has 1 aromatic carbocycles. The largest absolute Gasteiger partial charge is 0.372 e. The van der Waals surface area contributed by atoms with Gasteiger partial charge in [-0.1, -0.05) is 22.9 Å². The average molecular weight is 255 g/mol. The number of rotatable bonds is 2.